The third-order valence-corrected chi connectivity index (χ3v) is 7.43. The standard InChI is InChI=1S/C34H57N6.3BrH.Ti/c1-29(2,3)23-20(24(36-35-23)30(4,5)6)19(21-25(31(7,8)9)37-38-26(21)32(10,11)12)22-27(33(13,14)15)39-40-28(22)34(16,17)18;;;;/h1-18H3,(H,35,36)(H,37,38)(H,39,40);3*1H;/q-1;;;;+4/p-3. The summed E-state index contributed by atoms with van der Waals surface area (Å²) in [6.45, 7) is 40.7. The molecule has 0 fully saturated rings. The first-order valence-corrected chi connectivity index (χ1v) is 14.8. The number of hydrogen-bond acceptors (Lipinski definition) is 3. The topological polar surface area (TPSA) is 86.0 Å². The monoisotopic (exact) mass is 834 g/mol. The van der Waals surface area contributed by atoms with E-state index in [-0.39, 0.29) is 105 Å². The van der Waals surface area contributed by atoms with Gasteiger partial charge in [0.25, 0.3) is 0 Å². The second-order valence-corrected chi connectivity index (χ2v) is 17.8. The number of nitrogens with zero attached hydrogens (tertiary/aromatic N) is 3. The van der Waals surface area contributed by atoms with Crippen LogP contribution in [0.4, 0.5) is 0 Å². The van der Waals surface area contributed by atoms with Gasteiger partial charge in [-0.05, 0) is 49.2 Å². The summed E-state index contributed by atoms with van der Waals surface area (Å²) in [5.41, 5.74) is 9.04. The fourth-order valence-electron chi connectivity index (χ4n) is 5.39. The molecule has 0 aliphatic heterocycles. The Morgan fingerprint density at radius 3 is 0.682 bits per heavy atom. The van der Waals surface area contributed by atoms with E-state index >= 15 is 0 Å². The quantitative estimate of drug-likeness (QED) is 0.250. The van der Waals surface area contributed by atoms with Crippen molar-refractivity contribution in [3.63, 3.8) is 0 Å². The van der Waals surface area contributed by atoms with Crippen LogP contribution in [-0.4, -0.2) is 30.6 Å². The molecule has 0 aliphatic rings. The molecule has 0 amide bonds. The normalized spacial score (nSPS) is 13.0. The summed E-state index contributed by atoms with van der Waals surface area (Å²) in [7, 11) is 0. The van der Waals surface area contributed by atoms with Gasteiger partial charge in [0, 0.05) is 34.2 Å². The summed E-state index contributed by atoms with van der Waals surface area (Å²) in [6, 6.07) is 0. The van der Waals surface area contributed by atoms with E-state index in [0.717, 1.165) is 34.2 Å². The Kier molecular flexibility index (Phi) is 15.0. The predicted octanol–water partition coefficient (Wildman–Crippen LogP) is -0.330. The van der Waals surface area contributed by atoms with Gasteiger partial charge in [0.2, 0.25) is 0 Å². The van der Waals surface area contributed by atoms with E-state index in [1.165, 1.54) is 22.6 Å². The Morgan fingerprint density at radius 1 is 0.364 bits per heavy atom. The molecule has 0 aromatic carbocycles. The average molecular weight is 837 g/mol. The van der Waals surface area contributed by atoms with Gasteiger partial charge in [-0.2, -0.15) is 0 Å². The summed E-state index contributed by atoms with van der Waals surface area (Å²) in [6.07, 6.45) is 0. The van der Waals surface area contributed by atoms with E-state index < -0.39 is 0 Å². The van der Waals surface area contributed by atoms with Crippen molar-refractivity contribution in [3.05, 3.63) is 56.8 Å². The van der Waals surface area contributed by atoms with Crippen molar-refractivity contribution in [1.82, 2.24) is 30.6 Å². The molecule has 0 spiro atoms. The van der Waals surface area contributed by atoms with E-state index in [4.69, 9.17) is 15.3 Å². The summed E-state index contributed by atoms with van der Waals surface area (Å²) in [5.74, 6) is 1.18. The van der Waals surface area contributed by atoms with Crippen molar-refractivity contribution >= 4 is 0 Å². The average Bonchev–Trinajstić information content (AvgIpc) is 3.42. The first-order valence-electron chi connectivity index (χ1n) is 14.8. The van der Waals surface area contributed by atoms with Gasteiger partial charge in [-0.3, -0.25) is 0 Å². The molecule has 0 radical (unpaired) electrons. The van der Waals surface area contributed by atoms with Crippen molar-refractivity contribution in [2.75, 3.05) is 0 Å². The van der Waals surface area contributed by atoms with E-state index in [1.807, 2.05) is 0 Å². The van der Waals surface area contributed by atoms with Crippen LogP contribution < -0.4 is 50.9 Å². The summed E-state index contributed by atoms with van der Waals surface area (Å²) in [5, 5.41) is 25.7. The van der Waals surface area contributed by atoms with Crippen LogP contribution in [0.25, 0.3) is 0 Å². The van der Waals surface area contributed by atoms with Gasteiger partial charge in [0.15, 0.2) is 0 Å². The Hall–Kier alpha value is -0.346. The Morgan fingerprint density at radius 2 is 0.545 bits per heavy atom. The van der Waals surface area contributed by atoms with Crippen LogP contribution in [0.5, 0.6) is 0 Å². The number of nitrogens with one attached hydrogen (secondary N) is 3. The minimum atomic E-state index is -0.193. The smallest absolute Gasteiger partial charge is 1.00 e. The van der Waals surface area contributed by atoms with Gasteiger partial charge in [-0.1, -0.05) is 131 Å². The zero-order chi connectivity index (χ0) is 31.0. The summed E-state index contributed by atoms with van der Waals surface area (Å²) < 4.78 is 0. The fraction of sp³-hybridized carbons (Fsp3) is 0.706. The zero-order valence-corrected chi connectivity index (χ0v) is 36.8. The first-order chi connectivity index (χ1) is 17.7. The molecule has 3 rings (SSSR count). The molecular formula is C34H57Br3N6Ti. The van der Waals surface area contributed by atoms with E-state index in [2.05, 4.69) is 140 Å². The van der Waals surface area contributed by atoms with E-state index in [9.17, 15) is 0 Å². The van der Waals surface area contributed by atoms with Crippen LogP contribution in [0.3, 0.4) is 0 Å². The van der Waals surface area contributed by atoms with Crippen LogP contribution >= 0.6 is 0 Å². The molecule has 248 valence electrons. The molecule has 0 bridgehead atoms. The third-order valence-electron chi connectivity index (χ3n) is 7.43. The second kappa shape index (κ2) is 14.4. The zero-order valence-electron chi connectivity index (χ0n) is 30.5. The van der Waals surface area contributed by atoms with Crippen molar-refractivity contribution in [3.8, 4) is 0 Å². The molecule has 0 aliphatic carbocycles. The van der Waals surface area contributed by atoms with Gasteiger partial charge in [-0.25, -0.2) is 15.3 Å². The summed E-state index contributed by atoms with van der Waals surface area (Å²) >= 11 is 0. The largest absolute Gasteiger partial charge is 4.00 e. The Labute approximate surface area is 314 Å². The molecule has 3 aromatic rings. The number of rotatable bonds is 3. The number of hydrogen-bond donors (Lipinski definition) is 3. The number of aromatic amines is 3. The van der Waals surface area contributed by atoms with Crippen LogP contribution in [0.1, 0.15) is 175 Å². The van der Waals surface area contributed by atoms with Crippen molar-refractivity contribution in [2.24, 2.45) is 0 Å². The molecule has 0 unspecified atom stereocenters. The molecule has 10 heteroatoms. The van der Waals surface area contributed by atoms with Crippen LogP contribution in [0, 0.1) is 5.92 Å². The summed E-state index contributed by atoms with van der Waals surface area (Å²) in [4.78, 5) is 0. The molecule has 3 aromatic heterocycles. The van der Waals surface area contributed by atoms with Gasteiger partial charge >= 0.3 is 21.7 Å². The molecule has 0 saturated carbocycles. The number of H-pyrrole nitrogens is 3. The van der Waals surface area contributed by atoms with Gasteiger partial charge in [0.1, 0.15) is 0 Å². The van der Waals surface area contributed by atoms with E-state index in [1.54, 1.807) is 0 Å². The number of halogens is 3. The minimum Gasteiger partial charge on any atom is -1.00 e. The van der Waals surface area contributed by atoms with Gasteiger partial charge < -0.3 is 66.2 Å². The fourth-order valence-corrected chi connectivity index (χ4v) is 5.39. The second-order valence-electron chi connectivity index (χ2n) is 17.8. The predicted molar refractivity (Wildman–Crippen MR) is 169 cm³/mol. The number of aromatic nitrogens is 6. The van der Waals surface area contributed by atoms with Crippen molar-refractivity contribution in [1.29, 1.82) is 0 Å². The van der Waals surface area contributed by atoms with Gasteiger partial charge in [0.05, 0.1) is 0 Å². The van der Waals surface area contributed by atoms with Gasteiger partial charge in [-0.15, -0.1) is 0 Å². The SMILES string of the molecule is CC(C)(C)c1n[nH]c(C(C)(C)C)c1[C-](c1c(C(C)(C)C)n[nH]c1C(C)(C)C)c1c(C(C)(C)C)n[nH]c1C(C)(C)C.[Br-].[Br-].[Br-].[Ti+4]. The molecule has 0 saturated heterocycles. The van der Waals surface area contributed by atoms with Crippen LogP contribution in [0.2, 0.25) is 0 Å². The Balaban J connectivity index is 0. The first kappa shape index (κ1) is 45.8. The minimum absolute atomic E-state index is 0. The van der Waals surface area contributed by atoms with E-state index in [0.29, 0.717) is 0 Å². The third kappa shape index (κ3) is 9.17. The van der Waals surface area contributed by atoms with Crippen molar-refractivity contribution in [2.45, 2.75) is 157 Å². The molecule has 3 heterocycles. The maximum absolute atomic E-state index is 5.05. The Bertz CT molecular complexity index is 1100. The molecular weight excluding hydrogens is 780 g/mol. The maximum Gasteiger partial charge on any atom is 4.00 e. The molecule has 3 N–H and O–H groups in total. The maximum atomic E-state index is 5.05. The van der Waals surface area contributed by atoms with Crippen LogP contribution in [-0.2, 0) is 54.2 Å². The molecule has 44 heavy (non-hydrogen) atoms. The van der Waals surface area contributed by atoms with Crippen molar-refractivity contribution < 1.29 is 72.7 Å². The van der Waals surface area contributed by atoms with Crippen LogP contribution in [0.15, 0.2) is 0 Å². The molecule has 0 atom stereocenters. The molecule has 6 nitrogen and oxygen atoms in total.